The predicted molar refractivity (Wildman–Crippen MR) is 495 cm³/mol. The van der Waals surface area contributed by atoms with Crippen LogP contribution in [0.15, 0.2) is 119 Å². The zero-order valence-corrected chi connectivity index (χ0v) is 77.9. The molecular formula is C92H121Cl2N17O14S3. The zero-order chi connectivity index (χ0) is 91.4. The number of nitrogens with zero attached hydrogens (tertiary/aromatic N) is 9. The van der Waals surface area contributed by atoms with Crippen LogP contribution in [0.5, 0.6) is 5.75 Å². The normalized spacial score (nSPS) is 19.0. The van der Waals surface area contributed by atoms with Crippen molar-refractivity contribution >= 4 is 136 Å². The quantitative estimate of drug-likeness (QED) is 0.0126. The fraction of sp³-hybridized carbons (Fsp3) is 0.533. The van der Waals surface area contributed by atoms with E-state index in [1.807, 2.05) is 52.0 Å². The van der Waals surface area contributed by atoms with E-state index < -0.39 is 101 Å². The Labute approximate surface area is 764 Å². The molecule has 0 aliphatic carbocycles. The summed E-state index contributed by atoms with van der Waals surface area (Å²) in [4.78, 5) is 137. The van der Waals surface area contributed by atoms with Crippen LogP contribution >= 0.6 is 34.5 Å². The van der Waals surface area contributed by atoms with Crippen LogP contribution in [0.4, 0.5) is 34.9 Å². The molecule has 8 heterocycles. The first-order valence-electron chi connectivity index (χ1n) is 44.9. The lowest BCUT2D eigenvalue weighted by atomic mass is 9.85. The van der Waals surface area contributed by atoms with Crippen molar-refractivity contribution in [2.75, 3.05) is 80.2 Å². The molecule has 9 N–H and O–H groups in total. The summed E-state index contributed by atoms with van der Waals surface area (Å²) in [5.74, 6) is -2.61. The van der Waals surface area contributed by atoms with E-state index in [9.17, 15) is 60.3 Å². The van der Waals surface area contributed by atoms with Gasteiger partial charge in [-0.2, -0.15) is 9.97 Å². The maximum Gasteiger partial charge on any atom is 0.266 e. The molecule has 8 amide bonds. The van der Waals surface area contributed by atoms with E-state index in [4.69, 9.17) is 32.9 Å². The summed E-state index contributed by atoms with van der Waals surface area (Å²) in [5, 5.41) is 34.5. The van der Waals surface area contributed by atoms with Crippen LogP contribution in [0, 0.1) is 5.41 Å². The van der Waals surface area contributed by atoms with Gasteiger partial charge >= 0.3 is 0 Å². The van der Waals surface area contributed by atoms with Crippen LogP contribution in [0.2, 0.25) is 10.0 Å². The molecular weight excluding hydrogens is 1730 g/mol. The van der Waals surface area contributed by atoms with E-state index in [1.165, 1.54) is 46.8 Å². The fourth-order valence-corrected chi connectivity index (χ4v) is 21.0. The van der Waals surface area contributed by atoms with E-state index in [-0.39, 0.29) is 112 Å². The number of benzene rings is 4. The molecule has 2 unspecified atom stereocenters. The minimum absolute atomic E-state index is 0.00238. The van der Waals surface area contributed by atoms with Gasteiger partial charge in [-0.1, -0.05) is 156 Å². The SMILES string of the molecule is CC(C)S(=O)(=O)c1ccccc1Nc1nc(N[C@@H]2CCCN(CCCCCCCCCCC(=O)N[C@H](C(=O)N3C[C@H](O)C[C@H]3C(=O)N[C@@H](C)c3ccc(-c4scnc4CCC(C)S(=O)(=O)c4ccccc4Nc4nc(N[C@@H]5CCCN(CCCCCCCNC(=O)COc6cccc7c6C(=O)N(C6CCC(=O)NC6=O)C7=O)C5)ncc4Cl)cc3)C(C)(C)C)C2)ncc1Cl. The molecule has 690 valence electrons. The van der Waals surface area contributed by atoms with Gasteiger partial charge in [-0.3, -0.25) is 48.6 Å². The maximum atomic E-state index is 14.6. The van der Waals surface area contributed by atoms with Crippen LogP contribution < -0.4 is 47.3 Å². The van der Waals surface area contributed by atoms with Gasteiger partial charge < -0.3 is 61.8 Å². The highest BCUT2D eigenvalue weighted by atomic mass is 35.5. The molecule has 0 spiro atoms. The molecule has 4 aromatic carbocycles. The van der Waals surface area contributed by atoms with Crippen LogP contribution in [0.25, 0.3) is 10.4 Å². The van der Waals surface area contributed by atoms with Crippen LogP contribution in [0.1, 0.15) is 228 Å². The van der Waals surface area contributed by atoms with Crippen LogP contribution in [-0.4, -0.2) is 219 Å². The lowest BCUT2D eigenvalue weighted by molar-refractivity contribution is -0.144. The third-order valence-corrected chi connectivity index (χ3v) is 30.3. The number of anilines is 6. The van der Waals surface area contributed by atoms with Crippen molar-refractivity contribution < 1.29 is 65.0 Å². The second-order valence-electron chi connectivity index (χ2n) is 35.4. The van der Waals surface area contributed by atoms with Gasteiger partial charge in [0.25, 0.3) is 17.7 Å². The lowest BCUT2D eigenvalue weighted by Gasteiger charge is -2.35. The monoisotopic (exact) mass is 1850 g/mol. The Morgan fingerprint density at radius 2 is 1.22 bits per heavy atom. The third kappa shape index (κ3) is 25.6. The number of para-hydroxylation sites is 2. The number of aliphatic hydroxyl groups is 1. The summed E-state index contributed by atoms with van der Waals surface area (Å²) in [6.07, 6.45) is 19.6. The number of aliphatic hydroxyl groups excluding tert-OH is 1. The fourth-order valence-electron chi connectivity index (χ4n) is 17.1. The van der Waals surface area contributed by atoms with E-state index in [1.54, 1.807) is 74.8 Å². The van der Waals surface area contributed by atoms with Crippen molar-refractivity contribution in [2.45, 2.75) is 259 Å². The Kier molecular flexibility index (Phi) is 34.3. The number of sulfone groups is 2. The molecule has 4 fully saturated rings. The Morgan fingerprint density at radius 3 is 1.80 bits per heavy atom. The summed E-state index contributed by atoms with van der Waals surface area (Å²) in [6.45, 7) is 18.0. The molecule has 8 atom stereocenters. The van der Waals surface area contributed by atoms with Crippen molar-refractivity contribution in [1.82, 2.24) is 65.8 Å². The van der Waals surface area contributed by atoms with Gasteiger partial charge in [0, 0.05) is 57.5 Å². The van der Waals surface area contributed by atoms with Gasteiger partial charge in [0.15, 0.2) is 37.9 Å². The average Bonchev–Trinajstić information content (AvgIpc) is 1.60. The van der Waals surface area contributed by atoms with E-state index in [2.05, 4.69) is 72.3 Å². The van der Waals surface area contributed by atoms with Gasteiger partial charge in [-0.05, 0) is 177 Å². The number of nitrogens with one attached hydrogen (secondary N) is 8. The van der Waals surface area contributed by atoms with Gasteiger partial charge in [0.2, 0.25) is 41.4 Å². The van der Waals surface area contributed by atoms with Gasteiger partial charge in [0.1, 0.15) is 33.9 Å². The summed E-state index contributed by atoms with van der Waals surface area (Å²) in [7, 11) is -7.50. The summed E-state index contributed by atoms with van der Waals surface area (Å²) >= 11 is 14.7. The van der Waals surface area contributed by atoms with E-state index in [0.717, 1.165) is 169 Å². The number of likely N-dealkylation sites (tertiary alicyclic amines) is 3. The third-order valence-electron chi connectivity index (χ3n) is 24.3. The number of amides is 8. The van der Waals surface area contributed by atoms with Crippen LogP contribution in [0.3, 0.4) is 0 Å². The number of imide groups is 2. The molecule has 31 nitrogen and oxygen atoms in total. The zero-order valence-electron chi connectivity index (χ0n) is 74.0. The average molecular weight is 1860 g/mol. The number of aryl methyl sites for hydroxylation is 1. The van der Waals surface area contributed by atoms with E-state index in [0.29, 0.717) is 48.5 Å². The summed E-state index contributed by atoms with van der Waals surface area (Å²) in [5.41, 5.74) is 4.21. The highest BCUT2D eigenvalue weighted by molar-refractivity contribution is 7.92. The maximum absolute atomic E-state index is 14.6. The molecule has 0 saturated carbocycles. The van der Waals surface area contributed by atoms with Crippen molar-refractivity contribution in [3.05, 3.63) is 141 Å². The number of carbonyl (C=O) groups is 8. The highest BCUT2D eigenvalue weighted by Gasteiger charge is 2.48. The predicted octanol–water partition coefficient (Wildman–Crippen LogP) is 13.3. The Balaban J connectivity index is 0.525. The minimum atomic E-state index is -3.93. The first kappa shape index (κ1) is 97.3. The number of piperidine rings is 3. The number of carbonyl (C=O) groups excluding carboxylic acids is 8. The smallest absolute Gasteiger partial charge is 0.266 e. The minimum Gasteiger partial charge on any atom is -0.483 e. The van der Waals surface area contributed by atoms with Crippen molar-refractivity contribution in [3.63, 3.8) is 0 Å². The second-order valence-corrected chi connectivity index (χ2v) is 41.9. The summed E-state index contributed by atoms with van der Waals surface area (Å²) < 4.78 is 61.1. The number of ether oxygens (including phenoxy) is 1. The Morgan fingerprint density at radius 1 is 0.648 bits per heavy atom. The number of fused-ring (bicyclic) bond motifs is 1. The van der Waals surface area contributed by atoms with Crippen LogP contribution in [-0.2, 0) is 54.9 Å². The molecule has 5 aliphatic heterocycles. The highest BCUT2D eigenvalue weighted by Crippen LogP contribution is 2.39. The van der Waals surface area contributed by atoms with E-state index >= 15 is 0 Å². The first-order valence-corrected chi connectivity index (χ1v) is 49.6. The Hall–Kier alpha value is -9.81. The molecule has 12 rings (SSSR count). The first-order chi connectivity index (χ1) is 61.3. The van der Waals surface area contributed by atoms with Crippen molar-refractivity contribution in [3.8, 4) is 16.2 Å². The number of unbranched alkanes of at least 4 members (excludes halogenated alkanes) is 11. The largest absolute Gasteiger partial charge is 0.483 e. The molecule has 5 aliphatic rings. The number of hydrogen-bond acceptors (Lipinski definition) is 26. The van der Waals surface area contributed by atoms with Crippen molar-refractivity contribution in [1.29, 1.82) is 0 Å². The molecule has 3 aromatic heterocycles. The van der Waals surface area contributed by atoms with Gasteiger partial charge in [0.05, 0.1) is 83.4 Å². The number of hydrogen-bond donors (Lipinski definition) is 9. The molecule has 36 heteroatoms. The lowest BCUT2D eigenvalue weighted by Crippen LogP contribution is -2.57. The van der Waals surface area contributed by atoms with Crippen molar-refractivity contribution in [2.24, 2.45) is 5.41 Å². The number of aromatic nitrogens is 5. The number of β-amino-alcohol motifs (C(OH)–C–C–N with tert-alkyl or cyclic N) is 1. The molecule has 0 radical (unpaired) electrons. The number of rotatable bonds is 44. The standard InChI is InChI=1S/C92H121Cl2N17O14S3/c1-58(2)127(121,122)75-34-20-18-31-69(75)102-83-67(93)51-96-90(106-83)100-63-28-26-48-108(53-63)46-23-15-11-9-8-10-13-17-36-77(113)104-82(92(5,6)7)89(120)110-55-65(112)50-73(110)86(117)99-60(4)61-38-40-62(41-39-61)81-71(98-57-126-81)42-37-59(3)128(123,124)76-35-21-19-32-70(76)103-84-68(94)52-97-91(107-84)101-64-29-27-49-109(54-64)47-24-16-12-14-22-45-95-79(115)56-125-74-33-25-30-66-80(74)88(119)111(87(66)118)72-43-44-78(114)105-85(72)116/h18-21,25,30-35,38-41,51-52,57-60,63-65,72-73,82,112H,8-17,22-24,26-29,36-37,42-50,53-56H2,1-7H3,(H,95,115)(H,99,117)(H,104,113)(H,105,114,116)(H2,96,100,102,106)(H2,97,101,103,107)/t59?,60-,63+,64+,65+,72?,73-,82+/m0/s1. The van der Waals surface area contributed by atoms with Gasteiger partial charge in [-0.15, -0.1) is 11.3 Å². The summed E-state index contributed by atoms with van der Waals surface area (Å²) in [6, 6.07) is 22.3. The molecule has 0 bridgehead atoms. The van der Waals surface area contributed by atoms with Gasteiger partial charge in [-0.25, -0.2) is 31.8 Å². The molecule has 7 aromatic rings. The topological polar surface area (TPSA) is 408 Å². The molecule has 128 heavy (non-hydrogen) atoms. The number of thiazole rings is 1. The Bertz CT molecular complexity index is 5310. The second kappa shape index (κ2) is 45.2. The number of halogens is 2. The molecule has 4 saturated heterocycles.